The van der Waals surface area contributed by atoms with Gasteiger partial charge in [0.25, 0.3) is 0 Å². The van der Waals surface area contributed by atoms with E-state index in [1.165, 1.54) is 18.2 Å². The molecule has 0 bridgehead atoms. The van der Waals surface area contributed by atoms with Crippen LogP contribution in [0.15, 0.2) is 34.7 Å². The molecule has 0 radical (unpaired) electrons. The van der Waals surface area contributed by atoms with Crippen LogP contribution in [0.2, 0.25) is 0 Å². The molecule has 1 aromatic carbocycles. The number of furan rings is 1. The first-order valence-electron chi connectivity index (χ1n) is 6.92. The van der Waals surface area contributed by atoms with E-state index >= 15 is 0 Å². The minimum absolute atomic E-state index is 0.275. The first-order valence-corrected chi connectivity index (χ1v) is 6.92. The second-order valence-corrected chi connectivity index (χ2v) is 5.21. The summed E-state index contributed by atoms with van der Waals surface area (Å²) >= 11 is 0. The zero-order valence-electron chi connectivity index (χ0n) is 11.6. The van der Waals surface area contributed by atoms with Crippen LogP contribution in [-0.2, 0) is 0 Å². The van der Waals surface area contributed by atoms with Crippen LogP contribution in [0.3, 0.4) is 0 Å². The normalized spacial score (nSPS) is 14.8. The van der Waals surface area contributed by atoms with Crippen molar-refractivity contribution < 1.29 is 4.42 Å². The molecule has 1 aromatic heterocycles. The third kappa shape index (κ3) is 3.14. The number of para-hydroxylation sites is 1. The molecular formula is C16H23NO. The maximum atomic E-state index is 5.86. The number of rotatable bonds is 6. The Morgan fingerprint density at radius 1 is 1.22 bits per heavy atom. The van der Waals surface area contributed by atoms with Crippen LogP contribution in [0.25, 0.3) is 11.0 Å². The standard InChI is InChI=1S/C16H23NO/c1-4-7-12(2)11-17-13(3)16-10-14-8-5-6-9-15(14)18-16/h5-6,8-10,12-13,17H,4,7,11H2,1-3H3. The molecule has 0 saturated carbocycles. The Hall–Kier alpha value is -1.28. The van der Waals surface area contributed by atoms with Gasteiger partial charge >= 0.3 is 0 Å². The Morgan fingerprint density at radius 2 is 2.00 bits per heavy atom. The van der Waals surface area contributed by atoms with E-state index in [0.717, 1.165) is 23.8 Å². The molecule has 18 heavy (non-hydrogen) atoms. The predicted molar refractivity (Wildman–Crippen MR) is 76.7 cm³/mol. The van der Waals surface area contributed by atoms with Crippen molar-refractivity contribution >= 4 is 11.0 Å². The lowest BCUT2D eigenvalue weighted by molar-refractivity contribution is 0.403. The molecule has 0 aliphatic rings. The van der Waals surface area contributed by atoms with Crippen LogP contribution in [0.1, 0.15) is 45.4 Å². The average molecular weight is 245 g/mol. The summed E-state index contributed by atoms with van der Waals surface area (Å²) in [6.07, 6.45) is 2.53. The fourth-order valence-corrected chi connectivity index (χ4v) is 2.29. The molecule has 2 heteroatoms. The molecule has 0 spiro atoms. The molecule has 0 amide bonds. The summed E-state index contributed by atoms with van der Waals surface area (Å²) in [5, 5.41) is 4.73. The van der Waals surface area contributed by atoms with Crippen molar-refractivity contribution in [3.63, 3.8) is 0 Å². The first kappa shape index (κ1) is 13.2. The fourth-order valence-electron chi connectivity index (χ4n) is 2.29. The number of hydrogen-bond acceptors (Lipinski definition) is 2. The maximum absolute atomic E-state index is 5.86. The summed E-state index contributed by atoms with van der Waals surface area (Å²) in [4.78, 5) is 0. The van der Waals surface area contributed by atoms with Gasteiger partial charge < -0.3 is 9.73 Å². The number of fused-ring (bicyclic) bond motifs is 1. The molecule has 1 N–H and O–H groups in total. The van der Waals surface area contributed by atoms with E-state index in [-0.39, 0.29) is 6.04 Å². The van der Waals surface area contributed by atoms with E-state index < -0.39 is 0 Å². The van der Waals surface area contributed by atoms with Crippen LogP contribution < -0.4 is 5.32 Å². The minimum atomic E-state index is 0.275. The van der Waals surface area contributed by atoms with E-state index in [0.29, 0.717) is 0 Å². The van der Waals surface area contributed by atoms with E-state index in [2.05, 4.69) is 38.2 Å². The summed E-state index contributed by atoms with van der Waals surface area (Å²) in [5.41, 5.74) is 0.975. The van der Waals surface area contributed by atoms with Crippen molar-refractivity contribution in [2.75, 3.05) is 6.54 Å². The van der Waals surface area contributed by atoms with Gasteiger partial charge in [0.2, 0.25) is 0 Å². The van der Waals surface area contributed by atoms with Crippen molar-refractivity contribution in [2.24, 2.45) is 5.92 Å². The second kappa shape index (κ2) is 6.05. The van der Waals surface area contributed by atoms with Gasteiger partial charge in [0.15, 0.2) is 0 Å². The van der Waals surface area contributed by atoms with Gasteiger partial charge in [0.1, 0.15) is 11.3 Å². The zero-order chi connectivity index (χ0) is 13.0. The quantitative estimate of drug-likeness (QED) is 0.809. The van der Waals surface area contributed by atoms with Crippen LogP contribution >= 0.6 is 0 Å². The lowest BCUT2D eigenvalue weighted by Gasteiger charge is -2.15. The SMILES string of the molecule is CCCC(C)CNC(C)c1cc2ccccc2o1. The highest BCUT2D eigenvalue weighted by atomic mass is 16.3. The van der Waals surface area contributed by atoms with Crippen LogP contribution in [-0.4, -0.2) is 6.54 Å². The Kier molecular flexibility index (Phi) is 4.43. The van der Waals surface area contributed by atoms with E-state index in [9.17, 15) is 0 Å². The first-order chi connectivity index (χ1) is 8.70. The molecule has 0 aliphatic carbocycles. The van der Waals surface area contributed by atoms with Gasteiger partial charge in [0.05, 0.1) is 6.04 Å². The summed E-state index contributed by atoms with van der Waals surface area (Å²) in [6.45, 7) is 7.74. The van der Waals surface area contributed by atoms with Gasteiger partial charge in [0, 0.05) is 5.39 Å². The fraction of sp³-hybridized carbons (Fsp3) is 0.500. The minimum Gasteiger partial charge on any atom is -0.459 e. The molecule has 0 saturated heterocycles. The molecule has 2 unspecified atom stereocenters. The monoisotopic (exact) mass is 245 g/mol. The largest absolute Gasteiger partial charge is 0.459 e. The molecule has 2 atom stereocenters. The second-order valence-electron chi connectivity index (χ2n) is 5.21. The molecule has 0 fully saturated rings. The molecule has 98 valence electrons. The summed E-state index contributed by atoms with van der Waals surface area (Å²) in [7, 11) is 0. The average Bonchev–Trinajstić information content (AvgIpc) is 2.80. The Morgan fingerprint density at radius 3 is 2.72 bits per heavy atom. The van der Waals surface area contributed by atoms with Crippen LogP contribution in [0.4, 0.5) is 0 Å². The summed E-state index contributed by atoms with van der Waals surface area (Å²) in [5.74, 6) is 1.75. The Labute approximate surface area is 109 Å². The number of nitrogens with one attached hydrogen (secondary N) is 1. The van der Waals surface area contributed by atoms with Gasteiger partial charge in [-0.15, -0.1) is 0 Å². The summed E-state index contributed by atoms with van der Waals surface area (Å²) < 4.78 is 5.86. The third-order valence-corrected chi connectivity index (χ3v) is 3.43. The van der Waals surface area contributed by atoms with E-state index in [1.54, 1.807) is 0 Å². The Balaban J connectivity index is 1.98. The highest BCUT2D eigenvalue weighted by Gasteiger charge is 2.11. The summed E-state index contributed by atoms with van der Waals surface area (Å²) in [6, 6.07) is 10.6. The molecule has 1 heterocycles. The van der Waals surface area contributed by atoms with Gasteiger partial charge in [-0.1, -0.05) is 38.5 Å². The highest BCUT2D eigenvalue weighted by Crippen LogP contribution is 2.23. The topological polar surface area (TPSA) is 25.2 Å². The molecular weight excluding hydrogens is 222 g/mol. The molecule has 2 rings (SSSR count). The van der Waals surface area contributed by atoms with Gasteiger partial charge in [-0.25, -0.2) is 0 Å². The van der Waals surface area contributed by atoms with Gasteiger partial charge in [-0.05, 0) is 37.9 Å². The van der Waals surface area contributed by atoms with E-state index in [1.807, 2.05) is 18.2 Å². The smallest absolute Gasteiger partial charge is 0.134 e. The van der Waals surface area contributed by atoms with Crippen molar-refractivity contribution in [1.82, 2.24) is 5.32 Å². The van der Waals surface area contributed by atoms with Crippen LogP contribution in [0, 0.1) is 5.92 Å². The molecule has 2 nitrogen and oxygen atoms in total. The van der Waals surface area contributed by atoms with Crippen molar-refractivity contribution in [2.45, 2.75) is 39.7 Å². The predicted octanol–water partition coefficient (Wildman–Crippen LogP) is 4.52. The number of benzene rings is 1. The van der Waals surface area contributed by atoms with Gasteiger partial charge in [-0.3, -0.25) is 0 Å². The Bertz CT molecular complexity index is 456. The maximum Gasteiger partial charge on any atom is 0.134 e. The molecule has 2 aromatic rings. The van der Waals surface area contributed by atoms with Gasteiger partial charge in [-0.2, -0.15) is 0 Å². The van der Waals surface area contributed by atoms with Crippen molar-refractivity contribution in [3.8, 4) is 0 Å². The zero-order valence-corrected chi connectivity index (χ0v) is 11.6. The van der Waals surface area contributed by atoms with Crippen molar-refractivity contribution in [3.05, 3.63) is 36.1 Å². The van der Waals surface area contributed by atoms with Crippen LogP contribution in [0.5, 0.6) is 0 Å². The number of hydrogen-bond donors (Lipinski definition) is 1. The molecule has 0 aliphatic heterocycles. The van der Waals surface area contributed by atoms with E-state index in [4.69, 9.17) is 4.42 Å². The lowest BCUT2D eigenvalue weighted by Crippen LogP contribution is -2.24. The third-order valence-electron chi connectivity index (χ3n) is 3.43. The van der Waals surface area contributed by atoms with Crippen molar-refractivity contribution in [1.29, 1.82) is 0 Å². The lowest BCUT2D eigenvalue weighted by atomic mass is 10.1. The highest BCUT2D eigenvalue weighted by molar-refractivity contribution is 5.77.